The molecule has 0 saturated heterocycles. The van der Waals surface area contributed by atoms with E-state index in [2.05, 4.69) is 39.0 Å². The zero-order chi connectivity index (χ0) is 10.8. The Labute approximate surface area is 86.1 Å². The molecule has 0 N–H and O–H groups in total. The van der Waals surface area contributed by atoms with E-state index in [1.165, 1.54) is 5.56 Å². The Kier molecular flexibility index (Phi) is 3.32. The van der Waals surface area contributed by atoms with Crippen LogP contribution in [0.1, 0.15) is 32.0 Å². The van der Waals surface area contributed by atoms with Gasteiger partial charge in [0.1, 0.15) is 0 Å². The van der Waals surface area contributed by atoms with Crippen LogP contribution in [0.25, 0.3) is 0 Å². The third-order valence-corrected chi connectivity index (χ3v) is 2.28. The number of aromatic nitrogens is 2. The van der Waals surface area contributed by atoms with Crippen molar-refractivity contribution in [2.24, 2.45) is 0 Å². The normalized spacial score (nSPS) is 12.1. The van der Waals surface area contributed by atoms with E-state index < -0.39 is 0 Å². The molecule has 0 spiro atoms. The lowest BCUT2D eigenvalue weighted by atomic mass is 9.88. The van der Waals surface area contributed by atoms with E-state index in [1.807, 2.05) is 4.68 Å². The third-order valence-electron chi connectivity index (χ3n) is 2.28. The highest BCUT2D eigenvalue weighted by Crippen LogP contribution is 2.24. The molecule has 0 fully saturated rings. The van der Waals surface area contributed by atoms with Crippen LogP contribution < -0.4 is 0 Å². The molecule has 1 aromatic rings. The average Bonchev–Trinajstić information content (AvgIpc) is 2.42. The first-order valence-corrected chi connectivity index (χ1v) is 4.98. The molecule has 0 saturated carbocycles. The van der Waals surface area contributed by atoms with Crippen molar-refractivity contribution < 1.29 is 4.74 Å². The molecule has 0 atom stereocenters. The van der Waals surface area contributed by atoms with Crippen LogP contribution in [0.4, 0.5) is 0 Å². The maximum atomic E-state index is 5.02. The second-order valence-electron chi connectivity index (χ2n) is 4.63. The highest BCUT2D eigenvalue weighted by molar-refractivity contribution is 5.23. The van der Waals surface area contributed by atoms with Gasteiger partial charge in [0.15, 0.2) is 0 Å². The van der Waals surface area contributed by atoms with Gasteiger partial charge in [0.2, 0.25) is 0 Å². The summed E-state index contributed by atoms with van der Waals surface area (Å²) in [6.45, 7) is 10.2. The maximum Gasteiger partial charge on any atom is 0.0658 e. The van der Waals surface area contributed by atoms with Gasteiger partial charge in [-0.15, -0.1) is 0 Å². The summed E-state index contributed by atoms with van der Waals surface area (Å²) in [6.07, 6.45) is 2.12. The zero-order valence-corrected chi connectivity index (χ0v) is 9.79. The second kappa shape index (κ2) is 4.13. The molecule has 0 aliphatic rings. The lowest BCUT2D eigenvalue weighted by Crippen LogP contribution is -2.11. The first kappa shape index (κ1) is 11.2. The first-order chi connectivity index (χ1) is 6.45. The second-order valence-corrected chi connectivity index (χ2v) is 4.63. The Morgan fingerprint density at radius 2 is 2.07 bits per heavy atom. The quantitative estimate of drug-likeness (QED) is 0.740. The monoisotopic (exact) mass is 196 g/mol. The molecule has 1 rings (SSSR count). The molecule has 0 aliphatic carbocycles. The standard InChI is InChI=1S/C11H20N2O/c1-9-10(11(2,3)4)8-13(12-9)6-7-14-5/h8H,6-7H2,1-5H3. The minimum Gasteiger partial charge on any atom is -0.383 e. The van der Waals surface area contributed by atoms with E-state index in [-0.39, 0.29) is 5.41 Å². The summed E-state index contributed by atoms with van der Waals surface area (Å²) in [7, 11) is 1.71. The van der Waals surface area contributed by atoms with Crippen LogP contribution in [0.5, 0.6) is 0 Å². The average molecular weight is 196 g/mol. The van der Waals surface area contributed by atoms with E-state index in [9.17, 15) is 0 Å². The van der Waals surface area contributed by atoms with Crippen molar-refractivity contribution in [3.8, 4) is 0 Å². The summed E-state index contributed by atoms with van der Waals surface area (Å²) in [5.74, 6) is 0. The van der Waals surface area contributed by atoms with Crippen LogP contribution in [0.2, 0.25) is 0 Å². The van der Waals surface area contributed by atoms with Crippen molar-refractivity contribution in [2.45, 2.75) is 39.7 Å². The Bertz CT molecular complexity index is 297. The van der Waals surface area contributed by atoms with Gasteiger partial charge in [-0.05, 0) is 17.9 Å². The molecule has 0 amide bonds. The van der Waals surface area contributed by atoms with Gasteiger partial charge in [-0.3, -0.25) is 4.68 Å². The van der Waals surface area contributed by atoms with E-state index in [0.29, 0.717) is 6.61 Å². The molecule has 0 aromatic carbocycles. The predicted octanol–water partition coefficient (Wildman–Crippen LogP) is 2.14. The van der Waals surface area contributed by atoms with Crippen LogP contribution in [0.3, 0.4) is 0 Å². The van der Waals surface area contributed by atoms with Crippen molar-refractivity contribution in [3.05, 3.63) is 17.5 Å². The smallest absolute Gasteiger partial charge is 0.0658 e. The number of hydrogen-bond acceptors (Lipinski definition) is 2. The van der Waals surface area contributed by atoms with Crippen LogP contribution in [-0.2, 0) is 16.7 Å². The molecule has 14 heavy (non-hydrogen) atoms. The summed E-state index contributed by atoms with van der Waals surface area (Å²) in [5.41, 5.74) is 2.61. The fraction of sp³-hybridized carbons (Fsp3) is 0.727. The number of rotatable bonds is 3. The van der Waals surface area contributed by atoms with Crippen LogP contribution >= 0.6 is 0 Å². The molecule has 80 valence electrons. The molecular weight excluding hydrogens is 176 g/mol. The third kappa shape index (κ3) is 2.58. The molecule has 1 heterocycles. The van der Waals surface area contributed by atoms with Crippen molar-refractivity contribution in [2.75, 3.05) is 13.7 Å². The molecule has 0 unspecified atom stereocenters. The van der Waals surface area contributed by atoms with Crippen molar-refractivity contribution >= 4 is 0 Å². The highest BCUT2D eigenvalue weighted by atomic mass is 16.5. The molecule has 1 aromatic heterocycles. The van der Waals surface area contributed by atoms with E-state index in [1.54, 1.807) is 7.11 Å². The number of ether oxygens (including phenoxy) is 1. The van der Waals surface area contributed by atoms with Gasteiger partial charge in [0.05, 0.1) is 18.8 Å². The number of aryl methyl sites for hydroxylation is 1. The van der Waals surface area contributed by atoms with E-state index >= 15 is 0 Å². The summed E-state index contributed by atoms with van der Waals surface area (Å²) < 4.78 is 6.98. The topological polar surface area (TPSA) is 27.1 Å². The van der Waals surface area contributed by atoms with Crippen molar-refractivity contribution in [1.82, 2.24) is 9.78 Å². The molecule has 0 radical (unpaired) electrons. The first-order valence-electron chi connectivity index (χ1n) is 4.98. The lowest BCUT2D eigenvalue weighted by Gasteiger charge is -2.16. The minimum absolute atomic E-state index is 0.176. The molecule has 3 nitrogen and oxygen atoms in total. The summed E-state index contributed by atoms with van der Waals surface area (Å²) in [5, 5.41) is 4.45. The largest absolute Gasteiger partial charge is 0.383 e. The summed E-state index contributed by atoms with van der Waals surface area (Å²) in [4.78, 5) is 0. The van der Waals surface area contributed by atoms with Gasteiger partial charge in [-0.2, -0.15) is 5.10 Å². The molecule has 0 bridgehead atoms. The minimum atomic E-state index is 0.176. The fourth-order valence-electron chi connectivity index (χ4n) is 1.55. The van der Waals surface area contributed by atoms with Crippen molar-refractivity contribution in [3.63, 3.8) is 0 Å². The van der Waals surface area contributed by atoms with Gasteiger partial charge < -0.3 is 4.74 Å². The van der Waals surface area contributed by atoms with Gasteiger partial charge in [-0.1, -0.05) is 20.8 Å². The molecular formula is C11H20N2O. The van der Waals surface area contributed by atoms with Crippen LogP contribution in [-0.4, -0.2) is 23.5 Å². The fourth-order valence-corrected chi connectivity index (χ4v) is 1.55. The molecule has 3 heteroatoms. The summed E-state index contributed by atoms with van der Waals surface area (Å²) >= 11 is 0. The zero-order valence-electron chi connectivity index (χ0n) is 9.79. The number of nitrogens with zero attached hydrogens (tertiary/aromatic N) is 2. The van der Waals surface area contributed by atoms with E-state index in [0.717, 1.165) is 12.2 Å². The number of hydrogen-bond donors (Lipinski definition) is 0. The Morgan fingerprint density at radius 1 is 1.43 bits per heavy atom. The van der Waals surface area contributed by atoms with Crippen LogP contribution in [0, 0.1) is 6.92 Å². The van der Waals surface area contributed by atoms with Crippen LogP contribution in [0.15, 0.2) is 6.20 Å². The SMILES string of the molecule is COCCn1cc(C(C)(C)C)c(C)n1. The van der Waals surface area contributed by atoms with Gasteiger partial charge in [-0.25, -0.2) is 0 Å². The summed E-state index contributed by atoms with van der Waals surface area (Å²) in [6, 6.07) is 0. The van der Waals surface area contributed by atoms with E-state index in [4.69, 9.17) is 4.74 Å². The van der Waals surface area contributed by atoms with Gasteiger partial charge in [0, 0.05) is 13.3 Å². The lowest BCUT2D eigenvalue weighted by molar-refractivity contribution is 0.183. The van der Waals surface area contributed by atoms with Gasteiger partial charge in [0.25, 0.3) is 0 Å². The maximum absolute atomic E-state index is 5.02. The van der Waals surface area contributed by atoms with Crippen molar-refractivity contribution in [1.29, 1.82) is 0 Å². The Balaban J connectivity index is 2.83. The number of methoxy groups -OCH3 is 1. The Hall–Kier alpha value is -0.830. The van der Waals surface area contributed by atoms with Gasteiger partial charge >= 0.3 is 0 Å². The highest BCUT2D eigenvalue weighted by Gasteiger charge is 2.18. The Morgan fingerprint density at radius 3 is 2.50 bits per heavy atom. The molecule has 0 aliphatic heterocycles. The predicted molar refractivity (Wildman–Crippen MR) is 57.5 cm³/mol.